The Hall–Kier alpha value is -3.52. The Labute approximate surface area is 318 Å². The molecule has 0 aliphatic rings. The lowest BCUT2D eigenvalue weighted by atomic mass is 9.73. The van der Waals surface area contributed by atoms with Crippen LogP contribution in [0.4, 0.5) is 0 Å². The van der Waals surface area contributed by atoms with Crippen LogP contribution in [-0.4, -0.2) is 10.2 Å². The van der Waals surface area contributed by atoms with Crippen LogP contribution < -0.4 is 0 Å². The molecule has 52 heavy (non-hydrogen) atoms. The summed E-state index contributed by atoms with van der Waals surface area (Å²) in [6.45, 7) is 15.6. The first-order valence-corrected chi connectivity index (χ1v) is 20.9. The van der Waals surface area contributed by atoms with Crippen LogP contribution in [0.5, 0.6) is 11.5 Å². The fraction of sp³-hybridized carbons (Fsp3) is 0.520. The number of phenols is 2. The molecule has 0 heterocycles. The standard InChI is InChI=1S/C50H70O2/c1-8-10-12-14-16-18-22-28-39-34-43(47(51)45(36-39)49(4,5)41-30-24-20-25-31-41)38(3)44-35-40(29-23-19-17-15-13-11-9-2)37-46(48(44)52)50(6,7)42-32-26-21-27-33-42/h20-21,24-27,30-38,51-52H,8-19,22-23,28-29H2,1-7H3. The summed E-state index contributed by atoms with van der Waals surface area (Å²) in [4.78, 5) is 0. The van der Waals surface area contributed by atoms with Gasteiger partial charge in [0.25, 0.3) is 0 Å². The number of aromatic hydroxyl groups is 2. The third-order valence-corrected chi connectivity index (χ3v) is 11.8. The smallest absolute Gasteiger partial charge is 0.123 e. The van der Waals surface area contributed by atoms with Gasteiger partial charge in [-0.1, -0.05) is 210 Å². The molecule has 282 valence electrons. The monoisotopic (exact) mass is 703 g/mol. The minimum atomic E-state index is -0.391. The molecule has 2 nitrogen and oxygen atoms in total. The van der Waals surface area contributed by atoms with Gasteiger partial charge in [-0.15, -0.1) is 0 Å². The van der Waals surface area contributed by atoms with Gasteiger partial charge in [0, 0.05) is 39.0 Å². The summed E-state index contributed by atoms with van der Waals surface area (Å²) in [5, 5.41) is 24.6. The Morgan fingerprint density at radius 3 is 1.13 bits per heavy atom. The van der Waals surface area contributed by atoms with Crippen molar-refractivity contribution in [2.24, 2.45) is 0 Å². The molecule has 4 aromatic rings. The van der Waals surface area contributed by atoms with E-state index in [0.29, 0.717) is 11.5 Å². The third-order valence-electron chi connectivity index (χ3n) is 11.8. The molecule has 0 saturated heterocycles. The van der Waals surface area contributed by atoms with Crippen molar-refractivity contribution < 1.29 is 10.2 Å². The Morgan fingerprint density at radius 1 is 0.462 bits per heavy atom. The molecular weight excluding hydrogens is 633 g/mol. The number of benzene rings is 4. The highest BCUT2D eigenvalue weighted by molar-refractivity contribution is 5.59. The van der Waals surface area contributed by atoms with Crippen LogP contribution in [0, 0.1) is 0 Å². The molecule has 0 saturated carbocycles. The minimum Gasteiger partial charge on any atom is -0.507 e. The molecule has 0 aliphatic carbocycles. The highest BCUT2D eigenvalue weighted by Gasteiger charge is 2.32. The fourth-order valence-electron chi connectivity index (χ4n) is 8.10. The van der Waals surface area contributed by atoms with Gasteiger partial charge in [0.2, 0.25) is 0 Å². The molecule has 2 N–H and O–H groups in total. The summed E-state index contributed by atoms with van der Waals surface area (Å²) in [5.74, 6) is 0.509. The van der Waals surface area contributed by atoms with Crippen molar-refractivity contribution in [3.63, 3.8) is 0 Å². The molecule has 0 radical (unpaired) electrons. The van der Waals surface area contributed by atoms with Crippen LogP contribution in [0.2, 0.25) is 0 Å². The van der Waals surface area contributed by atoms with E-state index in [4.69, 9.17) is 0 Å². The van der Waals surface area contributed by atoms with E-state index in [2.05, 4.69) is 133 Å². The van der Waals surface area contributed by atoms with Gasteiger partial charge in [-0.2, -0.15) is 0 Å². The SMILES string of the molecule is CCCCCCCCCc1cc(C(C)c2cc(CCCCCCCCC)cc(C(C)(C)c3ccccc3)c2O)c(O)c(C(C)(C)c2ccccc2)c1. The maximum atomic E-state index is 12.3. The van der Waals surface area contributed by atoms with E-state index in [-0.39, 0.29) is 5.92 Å². The molecule has 0 aromatic heterocycles. The molecule has 0 unspecified atom stereocenters. The van der Waals surface area contributed by atoms with E-state index in [9.17, 15) is 10.2 Å². The van der Waals surface area contributed by atoms with E-state index in [1.165, 1.54) is 99.3 Å². The highest BCUT2D eigenvalue weighted by atomic mass is 16.3. The Bertz CT molecular complexity index is 1510. The summed E-state index contributed by atoms with van der Waals surface area (Å²) < 4.78 is 0. The molecule has 0 amide bonds. The predicted octanol–water partition coefficient (Wildman–Crippen LogP) is 14.5. The van der Waals surface area contributed by atoms with Crippen LogP contribution in [-0.2, 0) is 23.7 Å². The molecule has 0 atom stereocenters. The van der Waals surface area contributed by atoms with Gasteiger partial charge >= 0.3 is 0 Å². The van der Waals surface area contributed by atoms with Crippen molar-refractivity contribution in [2.45, 2.75) is 168 Å². The second kappa shape index (κ2) is 20.1. The van der Waals surface area contributed by atoms with Crippen molar-refractivity contribution in [3.8, 4) is 11.5 Å². The van der Waals surface area contributed by atoms with Crippen LogP contribution in [0.3, 0.4) is 0 Å². The van der Waals surface area contributed by atoms with Gasteiger partial charge in [0.15, 0.2) is 0 Å². The van der Waals surface area contributed by atoms with Gasteiger partial charge < -0.3 is 10.2 Å². The van der Waals surface area contributed by atoms with E-state index < -0.39 is 10.8 Å². The van der Waals surface area contributed by atoms with Crippen LogP contribution in [0.15, 0.2) is 84.9 Å². The maximum absolute atomic E-state index is 12.3. The quantitative estimate of drug-likeness (QED) is 0.0800. The fourth-order valence-corrected chi connectivity index (χ4v) is 8.10. The molecule has 4 rings (SSSR count). The average Bonchev–Trinajstić information content (AvgIpc) is 3.15. The van der Waals surface area contributed by atoms with Gasteiger partial charge in [-0.05, 0) is 47.9 Å². The molecule has 0 fully saturated rings. The summed E-state index contributed by atoms with van der Waals surface area (Å²) >= 11 is 0. The summed E-state index contributed by atoms with van der Waals surface area (Å²) in [7, 11) is 0. The Balaban J connectivity index is 1.76. The number of phenolic OH excluding ortho intramolecular Hbond substituents is 2. The van der Waals surface area contributed by atoms with E-state index in [1.54, 1.807) is 0 Å². The molecule has 0 aliphatic heterocycles. The zero-order valence-corrected chi connectivity index (χ0v) is 33.9. The molecule has 2 heteroatoms. The lowest BCUT2D eigenvalue weighted by Gasteiger charge is -2.31. The first-order chi connectivity index (χ1) is 25.0. The molecule has 4 aromatic carbocycles. The van der Waals surface area contributed by atoms with Crippen molar-refractivity contribution >= 4 is 0 Å². The van der Waals surface area contributed by atoms with Crippen LogP contribution >= 0.6 is 0 Å². The van der Waals surface area contributed by atoms with Gasteiger partial charge in [0.1, 0.15) is 11.5 Å². The molecule has 0 bridgehead atoms. The number of hydrogen-bond donors (Lipinski definition) is 2. The predicted molar refractivity (Wildman–Crippen MR) is 224 cm³/mol. The third kappa shape index (κ3) is 10.8. The van der Waals surface area contributed by atoms with Gasteiger partial charge in [-0.25, -0.2) is 0 Å². The minimum absolute atomic E-state index is 0.196. The number of unbranched alkanes of at least 4 members (excludes halogenated alkanes) is 12. The number of rotatable bonds is 22. The second-order valence-electron chi connectivity index (χ2n) is 16.6. The zero-order chi connectivity index (χ0) is 37.6. The first kappa shape index (κ1) is 41.2. The van der Waals surface area contributed by atoms with Crippen LogP contribution in [0.25, 0.3) is 0 Å². The number of hydrogen-bond acceptors (Lipinski definition) is 2. The van der Waals surface area contributed by atoms with Gasteiger partial charge in [0.05, 0.1) is 0 Å². The zero-order valence-electron chi connectivity index (χ0n) is 33.9. The Kier molecular flexibility index (Phi) is 15.9. The van der Waals surface area contributed by atoms with Gasteiger partial charge in [-0.3, -0.25) is 0 Å². The van der Waals surface area contributed by atoms with Crippen molar-refractivity contribution in [2.75, 3.05) is 0 Å². The summed E-state index contributed by atoms with van der Waals surface area (Å²) in [5.41, 5.74) is 7.87. The number of aryl methyl sites for hydroxylation is 2. The Morgan fingerprint density at radius 2 is 0.788 bits per heavy atom. The lowest BCUT2D eigenvalue weighted by Crippen LogP contribution is -2.21. The first-order valence-electron chi connectivity index (χ1n) is 20.9. The normalized spacial score (nSPS) is 12.2. The van der Waals surface area contributed by atoms with E-state index in [1.807, 2.05) is 0 Å². The molecular formula is C50H70O2. The second-order valence-corrected chi connectivity index (χ2v) is 16.6. The lowest BCUT2D eigenvalue weighted by molar-refractivity contribution is 0.435. The highest BCUT2D eigenvalue weighted by Crippen LogP contribution is 2.47. The van der Waals surface area contributed by atoms with Crippen molar-refractivity contribution in [1.29, 1.82) is 0 Å². The van der Waals surface area contributed by atoms with Crippen molar-refractivity contribution in [1.82, 2.24) is 0 Å². The molecule has 0 spiro atoms. The average molecular weight is 703 g/mol. The van der Waals surface area contributed by atoms with E-state index in [0.717, 1.165) is 47.9 Å². The summed E-state index contributed by atoms with van der Waals surface area (Å²) in [6, 6.07) is 30.1. The topological polar surface area (TPSA) is 40.5 Å². The van der Waals surface area contributed by atoms with Crippen LogP contribution in [0.1, 0.15) is 189 Å². The van der Waals surface area contributed by atoms with Crippen molar-refractivity contribution in [3.05, 3.63) is 129 Å². The van der Waals surface area contributed by atoms with E-state index >= 15 is 0 Å². The summed E-state index contributed by atoms with van der Waals surface area (Å²) in [6.07, 6.45) is 19.8. The maximum Gasteiger partial charge on any atom is 0.123 e. The largest absolute Gasteiger partial charge is 0.507 e.